The number of aromatic hydroxyl groups is 1. The zero-order chi connectivity index (χ0) is 17.6. The number of aromatic nitrogens is 2. The summed E-state index contributed by atoms with van der Waals surface area (Å²) in [6.07, 6.45) is 4.71. The van der Waals surface area contributed by atoms with E-state index in [1.165, 1.54) is 28.9 Å². The van der Waals surface area contributed by atoms with Crippen molar-refractivity contribution in [2.75, 3.05) is 11.4 Å². The largest absolute Gasteiger partial charge is 0.508 e. The molecule has 1 unspecified atom stereocenters. The third-order valence-corrected chi connectivity index (χ3v) is 4.67. The van der Waals surface area contributed by atoms with Crippen LogP contribution >= 0.6 is 0 Å². The molecule has 1 saturated heterocycles. The van der Waals surface area contributed by atoms with Crippen LogP contribution in [0.1, 0.15) is 34.8 Å². The first kappa shape index (κ1) is 15.4. The summed E-state index contributed by atoms with van der Waals surface area (Å²) in [6, 6.07) is 7.41. The van der Waals surface area contributed by atoms with Crippen molar-refractivity contribution < 1.29 is 19.4 Å². The van der Waals surface area contributed by atoms with Gasteiger partial charge in [0.15, 0.2) is 0 Å². The van der Waals surface area contributed by atoms with Crippen molar-refractivity contribution in [2.45, 2.75) is 18.9 Å². The third kappa shape index (κ3) is 2.57. The van der Waals surface area contributed by atoms with E-state index in [1.807, 2.05) is 6.07 Å². The third-order valence-electron chi connectivity index (χ3n) is 4.67. The van der Waals surface area contributed by atoms with Crippen LogP contribution in [-0.4, -0.2) is 32.3 Å². The molecule has 2 N–H and O–H groups in total. The summed E-state index contributed by atoms with van der Waals surface area (Å²) in [7, 11) is 0. The SMILES string of the molecule is O=C(O)c1cnn2ccc(N3CCCC3c3cc(F)ccc3O)cc12. The Balaban J connectivity index is 1.77. The van der Waals surface area contributed by atoms with Gasteiger partial charge in [-0.05, 0) is 43.2 Å². The van der Waals surface area contributed by atoms with E-state index in [4.69, 9.17) is 0 Å². The molecule has 4 rings (SSSR count). The molecule has 2 aromatic heterocycles. The van der Waals surface area contributed by atoms with Crippen LogP contribution in [0.5, 0.6) is 5.75 Å². The Morgan fingerprint density at radius 2 is 2.12 bits per heavy atom. The summed E-state index contributed by atoms with van der Waals surface area (Å²) in [5, 5.41) is 23.5. The van der Waals surface area contributed by atoms with E-state index in [0.717, 1.165) is 25.1 Å². The predicted octanol–water partition coefficient (Wildman–Crippen LogP) is 3.22. The van der Waals surface area contributed by atoms with Gasteiger partial charge < -0.3 is 15.1 Å². The summed E-state index contributed by atoms with van der Waals surface area (Å²) < 4.78 is 15.1. The molecule has 3 heterocycles. The van der Waals surface area contributed by atoms with Gasteiger partial charge in [0, 0.05) is 24.0 Å². The van der Waals surface area contributed by atoms with Crippen LogP contribution < -0.4 is 4.90 Å². The molecule has 0 bridgehead atoms. The number of fused-ring (bicyclic) bond motifs is 1. The lowest BCUT2D eigenvalue weighted by molar-refractivity contribution is 0.0699. The van der Waals surface area contributed by atoms with Crippen LogP contribution in [0.25, 0.3) is 5.52 Å². The molecule has 25 heavy (non-hydrogen) atoms. The first-order valence-corrected chi connectivity index (χ1v) is 8.00. The van der Waals surface area contributed by atoms with Crippen molar-refractivity contribution in [3.8, 4) is 5.75 Å². The molecular formula is C18H16FN3O3. The monoisotopic (exact) mass is 341 g/mol. The number of rotatable bonds is 3. The number of aromatic carboxylic acids is 1. The second kappa shape index (κ2) is 5.77. The van der Waals surface area contributed by atoms with Crippen LogP contribution in [0, 0.1) is 5.82 Å². The van der Waals surface area contributed by atoms with Gasteiger partial charge in [-0.1, -0.05) is 0 Å². The Labute approximate surface area is 142 Å². The highest BCUT2D eigenvalue weighted by Gasteiger charge is 2.29. The second-order valence-electron chi connectivity index (χ2n) is 6.13. The first-order valence-electron chi connectivity index (χ1n) is 8.00. The van der Waals surface area contributed by atoms with Crippen molar-refractivity contribution >= 4 is 17.2 Å². The summed E-state index contributed by atoms with van der Waals surface area (Å²) in [5.74, 6) is -1.36. The highest BCUT2D eigenvalue weighted by Crippen LogP contribution is 2.40. The number of benzene rings is 1. The number of hydrogen-bond acceptors (Lipinski definition) is 4. The van der Waals surface area contributed by atoms with E-state index in [1.54, 1.807) is 12.3 Å². The number of halogens is 1. The molecule has 1 aromatic carbocycles. The number of nitrogens with zero attached hydrogens (tertiary/aromatic N) is 3. The summed E-state index contributed by atoms with van der Waals surface area (Å²) in [4.78, 5) is 13.4. The van der Waals surface area contributed by atoms with Crippen molar-refractivity contribution in [1.82, 2.24) is 9.61 Å². The minimum atomic E-state index is -1.03. The Kier molecular flexibility index (Phi) is 3.56. The van der Waals surface area contributed by atoms with E-state index >= 15 is 0 Å². The maximum atomic E-state index is 13.6. The molecular weight excluding hydrogens is 325 g/mol. The topological polar surface area (TPSA) is 78.1 Å². The van der Waals surface area contributed by atoms with Crippen molar-refractivity contribution in [3.63, 3.8) is 0 Å². The zero-order valence-electron chi connectivity index (χ0n) is 13.3. The van der Waals surface area contributed by atoms with Crippen molar-refractivity contribution in [1.29, 1.82) is 0 Å². The fourth-order valence-corrected chi connectivity index (χ4v) is 3.50. The van der Waals surface area contributed by atoms with Crippen LogP contribution in [-0.2, 0) is 0 Å². The van der Waals surface area contributed by atoms with E-state index in [0.29, 0.717) is 11.1 Å². The molecule has 0 aliphatic carbocycles. The summed E-state index contributed by atoms with van der Waals surface area (Å²) in [5.41, 5.74) is 2.00. The van der Waals surface area contributed by atoms with Gasteiger partial charge in [-0.2, -0.15) is 5.10 Å². The molecule has 1 atom stereocenters. The number of phenolic OH excluding ortho intramolecular Hbond substituents is 1. The average Bonchev–Trinajstić information content (AvgIpc) is 3.22. The number of carbonyl (C=O) groups is 1. The number of pyridine rings is 1. The molecule has 0 saturated carbocycles. The highest BCUT2D eigenvalue weighted by molar-refractivity contribution is 5.95. The zero-order valence-corrected chi connectivity index (χ0v) is 13.3. The minimum Gasteiger partial charge on any atom is -0.508 e. The van der Waals surface area contributed by atoms with Gasteiger partial charge in [-0.3, -0.25) is 0 Å². The molecule has 3 aromatic rings. The number of carboxylic acid groups (broad SMARTS) is 1. The van der Waals surface area contributed by atoms with Gasteiger partial charge in [-0.15, -0.1) is 0 Å². The lowest BCUT2D eigenvalue weighted by Crippen LogP contribution is -2.22. The average molecular weight is 341 g/mol. The van der Waals surface area contributed by atoms with Crippen LogP contribution in [0.2, 0.25) is 0 Å². The number of phenols is 1. The molecule has 0 amide bonds. The van der Waals surface area contributed by atoms with E-state index in [2.05, 4.69) is 10.00 Å². The fourth-order valence-electron chi connectivity index (χ4n) is 3.50. The lowest BCUT2D eigenvalue weighted by atomic mass is 10.0. The molecule has 0 spiro atoms. The van der Waals surface area contributed by atoms with Gasteiger partial charge in [0.1, 0.15) is 17.1 Å². The van der Waals surface area contributed by atoms with E-state index < -0.39 is 5.97 Å². The van der Waals surface area contributed by atoms with Crippen molar-refractivity contribution in [2.24, 2.45) is 0 Å². The fraction of sp³-hybridized carbons (Fsp3) is 0.222. The van der Waals surface area contributed by atoms with E-state index in [-0.39, 0.29) is 23.2 Å². The number of anilines is 1. The molecule has 6 nitrogen and oxygen atoms in total. The smallest absolute Gasteiger partial charge is 0.339 e. The first-order chi connectivity index (χ1) is 12.0. The maximum Gasteiger partial charge on any atom is 0.339 e. The number of hydrogen-bond donors (Lipinski definition) is 2. The highest BCUT2D eigenvalue weighted by atomic mass is 19.1. The standard InChI is InChI=1S/C18H16FN3O3/c19-11-3-4-17(23)13(8-11)15-2-1-6-21(15)12-5-7-22-16(9-12)14(10-20-22)18(24)25/h3-5,7-10,15,23H,1-2,6H2,(H,24,25). The normalized spacial score (nSPS) is 17.3. The summed E-state index contributed by atoms with van der Waals surface area (Å²) in [6.45, 7) is 0.743. The van der Waals surface area contributed by atoms with Crippen molar-refractivity contribution in [3.05, 3.63) is 59.7 Å². The second-order valence-corrected chi connectivity index (χ2v) is 6.13. The molecule has 1 fully saturated rings. The molecule has 0 radical (unpaired) electrons. The number of carboxylic acids is 1. The lowest BCUT2D eigenvalue weighted by Gasteiger charge is -2.27. The van der Waals surface area contributed by atoms with E-state index in [9.17, 15) is 19.4 Å². The van der Waals surface area contributed by atoms with Gasteiger partial charge >= 0.3 is 5.97 Å². The van der Waals surface area contributed by atoms with Crippen LogP contribution in [0.15, 0.2) is 42.7 Å². The Bertz CT molecular complexity index is 969. The predicted molar refractivity (Wildman–Crippen MR) is 89.5 cm³/mol. The van der Waals surface area contributed by atoms with Crippen LogP contribution in [0.4, 0.5) is 10.1 Å². The van der Waals surface area contributed by atoms with Gasteiger partial charge in [0.2, 0.25) is 0 Å². The van der Waals surface area contributed by atoms with Crippen LogP contribution in [0.3, 0.4) is 0 Å². The Hall–Kier alpha value is -3.09. The maximum absolute atomic E-state index is 13.6. The van der Waals surface area contributed by atoms with Gasteiger partial charge in [0.05, 0.1) is 17.8 Å². The minimum absolute atomic E-state index is 0.0648. The molecule has 1 aliphatic heterocycles. The Morgan fingerprint density at radius 3 is 2.92 bits per heavy atom. The molecule has 7 heteroatoms. The Morgan fingerprint density at radius 1 is 1.28 bits per heavy atom. The summed E-state index contributed by atoms with van der Waals surface area (Å²) >= 11 is 0. The molecule has 1 aliphatic rings. The molecule has 128 valence electrons. The van der Waals surface area contributed by atoms with Gasteiger partial charge in [0.25, 0.3) is 0 Å². The van der Waals surface area contributed by atoms with Gasteiger partial charge in [-0.25, -0.2) is 13.7 Å². The quantitative estimate of drug-likeness (QED) is 0.765.